The van der Waals surface area contributed by atoms with Crippen molar-refractivity contribution >= 4 is 11.6 Å². The SMILES string of the molecule is CN(C)CCCn1ccnc1[C@H]1CCCN(c2nccnc2N(C)C)C1. The van der Waals surface area contributed by atoms with Crippen LogP contribution in [0.4, 0.5) is 11.6 Å². The highest BCUT2D eigenvalue weighted by atomic mass is 15.3. The Balaban J connectivity index is 1.73. The molecule has 1 saturated heterocycles. The van der Waals surface area contributed by atoms with Crippen LogP contribution < -0.4 is 9.80 Å². The summed E-state index contributed by atoms with van der Waals surface area (Å²) in [5, 5.41) is 0. The molecule has 7 heteroatoms. The number of nitrogens with zero attached hydrogens (tertiary/aromatic N) is 7. The van der Waals surface area contributed by atoms with Crippen LogP contribution in [0.1, 0.15) is 31.0 Å². The van der Waals surface area contributed by atoms with Crippen LogP contribution in [0.5, 0.6) is 0 Å². The summed E-state index contributed by atoms with van der Waals surface area (Å²) in [5.41, 5.74) is 0. The van der Waals surface area contributed by atoms with Crippen LogP contribution in [0.2, 0.25) is 0 Å². The number of hydrogen-bond acceptors (Lipinski definition) is 6. The van der Waals surface area contributed by atoms with Crippen molar-refractivity contribution < 1.29 is 0 Å². The van der Waals surface area contributed by atoms with Crippen molar-refractivity contribution in [3.63, 3.8) is 0 Å². The highest BCUT2D eigenvalue weighted by Crippen LogP contribution is 2.31. The first-order valence-electron chi connectivity index (χ1n) is 9.45. The quantitative estimate of drug-likeness (QED) is 0.756. The molecule has 0 spiro atoms. The number of piperidine rings is 1. The van der Waals surface area contributed by atoms with Crippen LogP contribution in [0, 0.1) is 0 Å². The van der Waals surface area contributed by atoms with Gasteiger partial charge in [-0.2, -0.15) is 0 Å². The van der Waals surface area contributed by atoms with Gasteiger partial charge in [0.15, 0.2) is 11.6 Å². The number of hydrogen-bond donors (Lipinski definition) is 0. The van der Waals surface area contributed by atoms with Gasteiger partial charge in [0.25, 0.3) is 0 Å². The molecule has 7 nitrogen and oxygen atoms in total. The van der Waals surface area contributed by atoms with Gasteiger partial charge in [0.1, 0.15) is 5.82 Å². The van der Waals surface area contributed by atoms with E-state index in [1.54, 1.807) is 12.4 Å². The lowest BCUT2D eigenvalue weighted by Gasteiger charge is -2.34. The Bertz CT molecular complexity index is 695. The smallest absolute Gasteiger partial charge is 0.171 e. The average Bonchev–Trinajstić information content (AvgIpc) is 3.10. The molecule has 3 heterocycles. The van der Waals surface area contributed by atoms with E-state index in [0.717, 1.165) is 50.7 Å². The van der Waals surface area contributed by atoms with Gasteiger partial charge in [0.05, 0.1) is 0 Å². The van der Waals surface area contributed by atoms with E-state index >= 15 is 0 Å². The molecule has 0 aliphatic carbocycles. The third-order valence-corrected chi connectivity index (χ3v) is 4.92. The van der Waals surface area contributed by atoms with Gasteiger partial charge in [-0.3, -0.25) is 0 Å². The van der Waals surface area contributed by atoms with Gasteiger partial charge in [-0.15, -0.1) is 0 Å². The van der Waals surface area contributed by atoms with E-state index in [1.807, 2.05) is 25.2 Å². The fourth-order valence-electron chi connectivity index (χ4n) is 3.67. The van der Waals surface area contributed by atoms with Crippen LogP contribution in [0.15, 0.2) is 24.8 Å². The lowest BCUT2D eigenvalue weighted by molar-refractivity contribution is 0.380. The maximum atomic E-state index is 4.70. The van der Waals surface area contributed by atoms with Crippen molar-refractivity contribution in [1.82, 2.24) is 24.4 Å². The van der Waals surface area contributed by atoms with E-state index in [4.69, 9.17) is 4.98 Å². The number of imidazole rings is 1. The lowest BCUT2D eigenvalue weighted by Crippen LogP contribution is -2.37. The second kappa shape index (κ2) is 8.49. The zero-order chi connectivity index (χ0) is 18.5. The average molecular weight is 358 g/mol. The molecule has 0 aromatic carbocycles. The molecule has 0 amide bonds. The molecule has 1 atom stereocenters. The fourth-order valence-corrected chi connectivity index (χ4v) is 3.67. The Morgan fingerprint density at radius 1 is 1.08 bits per heavy atom. The first-order chi connectivity index (χ1) is 12.6. The number of anilines is 2. The molecule has 0 saturated carbocycles. The van der Waals surface area contributed by atoms with Crippen LogP contribution >= 0.6 is 0 Å². The van der Waals surface area contributed by atoms with E-state index in [-0.39, 0.29) is 0 Å². The Morgan fingerprint density at radius 3 is 2.65 bits per heavy atom. The van der Waals surface area contributed by atoms with E-state index in [1.165, 1.54) is 12.2 Å². The van der Waals surface area contributed by atoms with Crippen molar-refractivity contribution in [3.05, 3.63) is 30.6 Å². The molecule has 142 valence electrons. The first kappa shape index (κ1) is 18.6. The van der Waals surface area contributed by atoms with Crippen molar-refractivity contribution in [2.24, 2.45) is 0 Å². The summed E-state index contributed by atoms with van der Waals surface area (Å²) in [4.78, 5) is 20.5. The van der Waals surface area contributed by atoms with E-state index < -0.39 is 0 Å². The zero-order valence-electron chi connectivity index (χ0n) is 16.5. The Kier molecular flexibility index (Phi) is 6.08. The molecule has 0 radical (unpaired) electrons. The number of rotatable bonds is 7. The molecular formula is C19H31N7. The van der Waals surface area contributed by atoms with Crippen molar-refractivity contribution in [2.45, 2.75) is 31.7 Å². The zero-order valence-corrected chi connectivity index (χ0v) is 16.5. The van der Waals surface area contributed by atoms with Crippen LogP contribution in [-0.2, 0) is 6.54 Å². The fraction of sp³-hybridized carbons (Fsp3) is 0.632. The molecule has 1 aliphatic rings. The topological polar surface area (TPSA) is 53.3 Å². The summed E-state index contributed by atoms with van der Waals surface area (Å²) in [5.74, 6) is 3.56. The summed E-state index contributed by atoms with van der Waals surface area (Å²) in [7, 11) is 8.28. The Hall–Kier alpha value is -2.15. The van der Waals surface area contributed by atoms with Crippen molar-refractivity contribution in [3.8, 4) is 0 Å². The van der Waals surface area contributed by atoms with Gasteiger partial charge >= 0.3 is 0 Å². The van der Waals surface area contributed by atoms with Gasteiger partial charge in [-0.25, -0.2) is 15.0 Å². The van der Waals surface area contributed by atoms with Crippen molar-refractivity contribution in [1.29, 1.82) is 0 Å². The largest absolute Gasteiger partial charge is 0.360 e. The monoisotopic (exact) mass is 357 g/mol. The van der Waals surface area contributed by atoms with Gasteiger partial charge < -0.3 is 19.3 Å². The normalized spacial score (nSPS) is 17.7. The molecule has 2 aromatic rings. The molecule has 1 aliphatic heterocycles. The number of aromatic nitrogens is 4. The molecule has 26 heavy (non-hydrogen) atoms. The molecule has 3 rings (SSSR count). The van der Waals surface area contributed by atoms with Crippen LogP contribution in [0.3, 0.4) is 0 Å². The third-order valence-electron chi connectivity index (χ3n) is 4.92. The molecule has 0 N–H and O–H groups in total. The maximum absolute atomic E-state index is 4.70. The maximum Gasteiger partial charge on any atom is 0.171 e. The highest BCUT2D eigenvalue weighted by Gasteiger charge is 2.27. The summed E-state index contributed by atoms with van der Waals surface area (Å²) in [6.07, 6.45) is 11.1. The highest BCUT2D eigenvalue weighted by molar-refractivity contribution is 5.61. The molecule has 2 aromatic heterocycles. The predicted octanol–water partition coefficient (Wildman–Crippen LogP) is 2.07. The van der Waals surface area contributed by atoms with Gasteiger partial charge in [0, 0.05) is 64.4 Å². The summed E-state index contributed by atoms with van der Waals surface area (Å²) in [6.45, 7) is 4.10. The Morgan fingerprint density at radius 2 is 1.88 bits per heavy atom. The summed E-state index contributed by atoms with van der Waals surface area (Å²) >= 11 is 0. The Labute approximate surface area is 156 Å². The third kappa shape index (κ3) is 4.33. The van der Waals surface area contributed by atoms with E-state index in [0.29, 0.717) is 5.92 Å². The molecule has 1 fully saturated rings. The summed E-state index contributed by atoms with van der Waals surface area (Å²) < 4.78 is 2.33. The lowest BCUT2D eigenvalue weighted by atomic mass is 9.97. The van der Waals surface area contributed by atoms with E-state index in [9.17, 15) is 0 Å². The summed E-state index contributed by atoms with van der Waals surface area (Å²) in [6, 6.07) is 0. The van der Waals surface area contributed by atoms with Crippen LogP contribution in [0.25, 0.3) is 0 Å². The van der Waals surface area contributed by atoms with Gasteiger partial charge in [-0.1, -0.05) is 0 Å². The molecular weight excluding hydrogens is 326 g/mol. The first-order valence-corrected chi connectivity index (χ1v) is 9.45. The number of aryl methyl sites for hydroxylation is 1. The van der Waals surface area contributed by atoms with Gasteiger partial charge in [0.2, 0.25) is 0 Å². The second-order valence-corrected chi connectivity index (χ2v) is 7.52. The van der Waals surface area contributed by atoms with E-state index in [2.05, 4.69) is 44.6 Å². The molecule has 0 bridgehead atoms. The van der Waals surface area contributed by atoms with Crippen LogP contribution in [-0.4, -0.2) is 72.2 Å². The minimum Gasteiger partial charge on any atom is -0.360 e. The second-order valence-electron chi connectivity index (χ2n) is 7.52. The predicted molar refractivity (Wildman–Crippen MR) is 106 cm³/mol. The van der Waals surface area contributed by atoms with Crippen molar-refractivity contribution in [2.75, 3.05) is 57.6 Å². The van der Waals surface area contributed by atoms with Gasteiger partial charge in [-0.05, 0) is 39.9 Å². The minimum absolute atomic E-state index is 0.440. The minimum atomic E-state index is 0.440. The standard InChI is InChI=1S/C19H31N7/c1-23(2)11-6-13-25-14-10-22-17(25)16-7-5-12-26(15-16)19-18(24(3)4)20-8-9-21-19/h8-10,14,16H,5-7,11-13,15H2,1-4H3/t16-/m0/s1. The molecule has 0 unspecified atom stereocenters.